The zero-order chi connectivity index (χ0) is 19.9. The van der Waals surface area contributed by atoms with Crippen LogP contribution in [0.15, 0.2) is 72.9 Å². The van der Waals surface area contributed by atoms with Crippen LogP contribution in [0, 0.1) is 6.92 Å². The number of nitrogens with zero attached hydrogens (tertiary/aromatic N) is 1. The lowest BCUT2D eigenvalue weighted by molar-refractivity contribution is -0.116. The summed E-state index contributed by atoms with van der Waals surface area (Å²) in [6.45, 7) is 1.87. The van der Waals surface area contributed by atoms with Crippen molar-refractivity contribution in [2.24, 2.45) is 0 Å². The van der Waals surface area contributed by atoms with Gasteiger partial charge in [-0.3, -0.25) is 9.59 Å². The lowest BCUT2D eigenvalue weighted by Gasteiger charge is -2.19. The average molecular weight is 394 g/mol. The van der Waals surface area contributed by atoms with E-state index in [4.69, 9.17) is 11.6 Å². The SMILES string of the molecule is Cc1cccnc1NC(=O)CC(NC(=O)c1ccccc1Cl)c1ccccc1. The van der Waals surface area contributed by atoms with Gasteiger partial charge in [0.25, 0.3) is 5.91 Å². The first-order valence-electron chi connectivity index (χ1n) is 8.86. The van der Waals surface area contributed by atoms with Crippen molar-refractivity contribution in [3.63, 3.8) is 0 Å². The van der Waals surface area contributed by atoms with Gasteiger partial charge in [0.05, 0.1) is 23.0 Å². The molecule has 3 aromatic rings. The van der Waals surface area contributed by atoms with E-state index in [-0.39, 0.29) is 18.2 Å². The molecular formula is C22H20ClN3O2. The van der Waals surface area contributed by atoms with E-state index in [1.54, 1.807) is 30.5 Å². The van der Waals surface area contributed by atoms with Crippen molar-refractivity contribution >= 4 is 29.2 Å². The molecule has 0 radical (unpaired) electrons. The number of nitrogens with one attached hydrogen (secondary N) is 2. The van der Waals surface area contributed by atoms with Gasteiger partial charge in [-0.25, -0.2) is 4.98 Å². The summed E-state index contributed by atoms with van der Waals surface area (Å²) >= 11 is 6.13. The van der Waals surface area contributed by atoms with Crippen LogP contribution in [0.3, 0.4) is 0 Å². The molecule has 0 fully saturated rings. The monoisotopic (exact) mass is 393 g/mol. The molecule has 142 valence electrons. The van der Waals surface area contributed by atoms with E-state index in [1.807, 2.05) is 49.4 Å². The molecule has 0 aliphatic rings. The summed E-state index contributed by atoms with van der Waals surface area (Å²) in [7, 11) is 0. The summed E-state index contributed by atoms with van der Waals surface area (Å²) in [6.07, 6.45) is 1.69. The number of rotatable bonds is 6. The van der Waals surface area contributed by atoms with Crippen molar-refractivity contribution in [3.05, 3.63) is 94.6 Å². The van der Waals surface area contributed by atoms with Crippen LogP contribution in [0.25, 0.3) is 0 Å². The maximum Gasteiger partial charge on any atom is 0.253 e. The fourth-order valence-corrected chi connectivity index (χ4v) is 3.03. The number of anilines is 1. The number of carbonyl (C=O) groups is 2. The molecule has 0 spiro atoms. The van der Waals surface area contributed by atoms with Gasteiger partial charge < -0.3 is 10.6 Å². The summed E-state index contributed by atoms with van der Waals surface area (Å²) in [6, 6.07) is 19.3. The van der Waals surface area contributed by atoms with E-state index in [2.05, 4.69) is 15.6 Å². The van der Waals surface area contributed by atoms with Crippen LogP contribution < -0.4 is 10.6 Å². The van der Waals surface area contributed by atoms with E-state index in [9.17, 15) is 9.59 Å². The van der Waals surface area contributed by atoms with Crippen LogP contribution in [0.5, 0.6) is 0 Å². The summed E-state index contributed by atoms with van der Waals surface area (Å²) in [4.78, 5) is 29.5. The molecule has 1 atom stereocenters. The molecule has 2 amide bonds. The number of hydrogen-bond acceptors (Lipinski definition) is 3. The Morgan fingerprint density at radius 2 is 1.71 bits per heavy atom. The van der Waals surface area contributed by atoms with Crippen LogP contribution in [0.2, 0.25) is 5.02 Å². The molecule has 5 nitrogen and oxygen atoms in total. The maximum absolute atomic E-state index is 12.7. The van der Waals surface area contributed by atoms with Crippen LogP contribution >= 0.6 is 11.6 Å². The van der Waals surface area contributed by atoms with Crippen molar-refractivity contribution in [1.29, 1.82) is 0 Å². The molecule has 2 N–H and O–H groups in total. The number of aromatic nitrogens is 1. The summed E-state index contributed by atoms with van der Waals surface area (Å²) in [5.74, 6) is -0.0619. The minimum Gasteiger partial charge on any atom is -0.345 e. The van der Waals surface area contributed by atoms with Gasteiger partial charge in [0, 0.05) is 6.20 Å². The predicted molar refractivity (Wildman–Crippen MR) is 110 cm³/mol. The quantitative estimate of drug-likeness (QED) is 0.645. The summed E-state index contributed by atoms with van der Waals surface area (Å²) in [5, 5.41) is 6.09. The highest BCUT2D eigenvalue weighted by atomic mass is 35.5. The Balaban J connectivity index is 1.78. The zero-order valence-corrected chi connectivity index (χ0v) is 16.1. The summed E-state index contributed by atoms with van der Waals surface area (Å²) in [5.41, 5.74) is 2.06. The molecule has 0 bridgehead atoms. The van der Waals surface area contributed by atoms with Gasteiger partial charge in [0.1, 0.15) is 5.82 Å². The molecule has 0 aliphatic heterocycles. The first kappa shape index (κ1) is 19.6. The molecular weight excluding hydrogens is 374 g/mol. The molecule has 1 aromatic heterocycles. The van der Waals surface area contributed by atoms with Gasteiger partial charge in [0.2, 0.25) is 5.91 Å². The van der Waals surface area contributed by atoms with Crippen molar-refractivity contribution in [2.75, 3.05) is 5.32 Å². The number of amides is 2. The minimum atomic E-state index is -0.506. The van der Waals surface area contributed by atoms with Crippen molar-refractivity contribution in [3.8, 4) is 0 Å². The van der Waals surface area contributed by atoms with Gasteiger partial charge in [0.15, 0.2) is 0 Å². The van der Waals surface area contributed by atoms with Crippen molar-refractivity contribution in [2.45, 2.75) is 19.4 Å². The Hall–Kier alpha value is -3.18. The number of pyridine rings is 1. The highest BCUT2D eigenvalue weighted by Gasteiger charge is 2.21. The Labute approximate surface area is 168 Å². The Kier molecular flexibility index (Phi) is 6.40. The van der Waals surface area contributed by atoms with Gasteiger partial charge in [-0.2, -0.15) is 0 Å². The van der Waals surface area contributed by atoms with Crippen LogP contribution in [-0.4, -0.2) is 16.8 Å². The van der Waals surface area contributed by atoms with Gasteiger partial charge in [-0.05, 0) is 36.2 Å². The normalized spacial score (nSPS) is 11.5. The molecule has 0 aliphatic carbocycles. The summed E-state index contributed by atoms with van der Waals surface area (Å²) < 4.78 is 0. The molecule has 0 saturated carbocycles. The van der Waals surface area contributed by atoms with Crippen LogP contribution in [-0.2, 0) is 4.79 Å². The molecule has 0 saturated heterocycles. The Morgan fingerprint density at radius 3 is 2.43 bits per heavy atom. The largest absolute Gasteiger partial charge is 0.345 e. The predicted octanol–water partition coefficient (Wildman–Crippen LogP) is 4.54. The minimum absolute atomic E-state index is 0.0657. The van der Waals surface area contributed by atoms with E-state index >= 15 is 0 Å². The van der Waals surface area contributed by atoms with Crippen LogP contribution in [0.4, 0.5) is 5.82 Å². The fourth-order valence-electron chi connectivity index (χ4n) is 2.80. The first-order chi connectivity index (χ1) is 13.5. The standard InChI is InChI=1S/C22H20ClN3O2/c1-15-8-7-13-24-21(15)26-20(27)14-19(16-9-3-2-4-10-16)25-22(28)17-11-5-6-12-18(17)23/h2-13,19H,14H2,1H3,(H,25,28)(H,24,26,27). The molecule has 6 heteroatoms. The van der Waals surface area contributed by atoms with Gasteiger partial charge in [-0.15, -0.1) is 0 Å². The molecule has 28 heavy (non-hydrogen) atoms. The van der Waals surface area contributed by atoms with Crippen molar-refractivity contribution in [1.82, 2.24) is 10.3 Å². The molecule has 3 rings (SSSR count). The third kappa shape index (κ3) is 4.96. The number of aryl methyl sites for hydroxylation is 1. The molecule has 1 heterocycles. The topological polar surface area (TPSA) is 71.1 Å². The maximum atomic E-state index is 12.7. The second-order valence-electron chi connectivity index (χ2n) is 6.34. The zero-order valence-electron chi connectivity index (χ0n) is 15.4. The van der Waals surface area contributed by atoms with Crippen LogP contribution in [0.1, 0.15) is 33.9 Å². The highest BCUT2D eigenvalue weighted by molar-refractivity contribution is 6.33. The third-order valence-corrected chi connectivity index (χ3v) is 4.61. The van der Waals surface area contributed by atoms with E-state index in [0.29, 0.717) is 16.4 Å². The molecule has 2 aromatic carbocycles. The smallest absolute Gasteiger partial charge is 0.253 e. The van der Waals surface area contributed by atoms with E-state index < -0.39 is 6.04 Å². The second-order valence-corrected chi connectivity index (χ2v) is 6.74. The number of halogens is 1. The van der Waals surface area contributed by atoms with E-state index in [0.717, 1.165) is 11.1 Å². The Morgan fingerprint density at radius 1 is 1.00 bits per heavy atom. The molecule has 1 unspecified atom stereocenters. The first-order valence-corrected chi connectivity index (χ1v) is 9.24. The van der Waals surface area contributed by atoms with E-state index in [1.165, 1.54) is 0 Å². The second kappa shape index (κ2) is 9.15. The van der Waals surface area contributed by atoms with Gasteiger partial charge in [-0.1, -0.05) is 60.1 Å². The Bertz CT molecular complexity index is 976. The van der Waals surface area contributed by atoms with Gasteiger partial charge >= 0.3 is 0 Å². The fraction of sp³-hybridized carbons (Fsp3) is 0.136. The van der Waals surface area contributed by atoms with Crippen molar-refractivity contribution < 1.29 is 9.59 Å². The average Bonchev–Trinajstić information content (AvgIpc) is 2.70. The number of benzene rings is 2. The lowest BCUT2D eigenvalue weighted by Crippen LogP contribution is -2.32. The number of hydrogen-bond donors (Lipinski definition) is 2. The highest BCUT2D eigenvalue weighted by Crippen LogP contribution is 2.21. The number of carbonyl (C=O) groups excluding carboxylic acids is 2. The third-order valence-electron chi connectivity index (χ3n) is 4.28. The lowest BCUT2D eigenvalue weighted by atomic mass is 10.0.